The Morgan fingerprint density at radius 1 is 1.10 bits per heavy atom. The summed E-state index contributed by atoms with van der Waals surface area (Å²) in [7, 11) is -1.13. The Bertz CT molecular complexity index is 1080. The van der Waals surface area contributed by atoms with Crippen molar-refractivity contribution in [3.8, 4) is 11.1 Å². The summed E-state index contributed by atoms with van der Waals surface area (Å²) >= 11 is -2.42. The van der Waals surface area contributed by atoms with Crippen LogP contribution in [0.1, 0.15) is 18.1 Å². The molecule has 0 aliphatic rings. The molecule has 2 aromatic carbocycles. The molecule has 31 heavy (non-hydrogen) atoms. The fraction of sp³-hybridized carbons (Fsp3) is 0.480. The van der Waals surface area contributed by atoms with Crippen LogP contribution in [0.25, 0.3) is 22.0 Å². The van der Waals surface area contributed by atoms with Gasteiger partial charge in [-0.25, -0.2) is 0 Å². The van der Waals surface area contributed by atoms with E-state index in [2.05, 4.69) is 59.6 Å². The molecule has 0 unspecified atom stereocenters. The summed E-state index contributed by atoms with van der Waals surface area (Å²) in [4.78, 5) is 7.18. The van der Waals surface area contributed by atoms with Crippen molar-refractivity contribution in [2.45, 2.75) is 67.5 Å². The second kappa shape index (κ2) is 9.36. The van der Waals surface area contributed by atoms with Crippen LogP contribution in [0.5, 0.6) is 0 Å². The zero-order chi connectivity index (χ0) is 23.0. The number of rotatable bonds is 8. The van der Waals surface area contributed by atoms with Gasteiger partial charge in [-0.05, 0) is 0 Å². The van der Waals surface area contributed by atoms with Gasteiger partial charge in [0.05, 0.1) is 0 Å². The summed E-state index contributed by atoms with van der Waals surface area (Å²) < 4.78 is 23.8. The third-order valence-electron chi connectivity index (χ3n) is 5.75. The first kappa shape index (κ1) is 24.5. The summed E-state index contributed by atoms with van der Waals surface area (Å²) in [5, 5.41) is 6.25. The molecule has 0 aliphatic heterocycles. The Hall–Kier alpha value is -1.18. The van der Waals surface area contributed by atoms with Crippen molar-refractivity contribution in [3.63, 3.8) is 0 Å². The van der Waals surface area contributed by atoms with E-state index in [1.54, 1.807) is 6.07 Å². The summed E-state index contributed by atoms with van der Waals surface area (Å²) in [6.45, 7) is 12.3. The van der Waals surface area contributed by atoms with Crippen LogP contribution in [0.3, 0.4) is 0 Å². The van der Waals surface area contributed by atoms with Crippen molar-refractivity contribution < 1.29 is 9.13 Å². The number of aromatic nitrogens is 2. The van der Waals surface area contributed by atoms with E-state index in [0.29, 0.717) is 12.3 Å². The molecule has 1 heterocycles. The quantitative estimate of drug-likeness (QED) is 0.236. The molecular weight excluding hydrogens is 510 g/mol. The van der Waals surface area contributed by atoms with E-state index < -0.39 is 26.5 Å². The summed E-state index contributed by atoms with van der Waals surface area (Å²) in [6.07, 6.45) is 0.872. The molecule has 3 rings (SSSR count). The molecule has 0 fully saturated rings. The van der Waals surface area contributed by atoms with Gasteiger partial charge in [-0.1, -0.05) is 0 Å². The van der Waals surface area contributed by atoms with Crippen molar-refractivity contribution in [1.82, 2.24) is 9.78 Å². The monoisotopic (exact) mass is 548 g/mol. The third kappa shape index (κ3) is 5.79. The average Bonchev–Trinajstić information content (AvgIpc) is 3.04. The van der Waals surface area contributed by atoms with Crippen LogP contribution in [-0.2, 0) is 17.9 Å². The molecule has 0 radical (unpaired) electrons. The van der Waals surface area contributed by atoms with Crippen molar-refractivity contribution >= 4 is 41.1 Å². The molecule has 0 spiro atoms. The van der Waals surface area contributed by atoms with Crippen LogP contribution < -0.4 is 3.71 Å². The second-order valence-corrected chi connectivity index (χ2v) is 30.6. The molecule has 0 saturated carbocycles. The average molecular weight is 547 g/mol. The fourth-order valence-corrected chi connectivity index (χ4v) is 8.69. The van der Waals surface area contributed by atoms with Gasteiger partial charge in [-0.15, -0.1) is 0 Å². The van der Waals surface area contributed by atoms with Gasteiger partial charge in [0.25, 0.3) is 0 Å². The Kier molecular flexibility index (Phi) is 7.38. The van der Waals surface area contributed by atoms with E-state index in [9.17, 15) is 4.39 Å². The molecule has 3 nitrogen and oxygen atoms in total. The number of fused-ring (bicyclic) bond motifs is 1. The van der Waals surface area contributed by atoms with Crippen LogP contribution in [0.15, 0.2) is 30.3 Å². The predicted octanol–water partition coefficient (Wildman–Crippen LogP) is 6.57. The van der Waals surface area contributed by atoms with Gasteiger partial charge >= 0.3 is 192 Å². The van der Waals surface area contributed by atoms with Crippen LogP contribution in [0.4, 0.5) is 4.39 Å². The van der Waals surface area contributed by atoms with Crippen molar-refractivity contribution in [3.05, 3.63) is 47.3 Å². The number of hydrogen-bond donors (Lipinski definition) is 0. The topological polar surface area (TPSA) is 27.1 Å². The number of benzene rings is 2. The molecule has 6 heteroatoms. The number of hydrogen-bond acceptors (Lipinski definition) is 2. The van der Waals surface area contributed by atoms with Crippen LogP contribution >= 0.6 is 0 Å². The summed E-state index contributed by atoms with van der Waals surface area (Å²) in [5.74, 6) is -0.151. The zero-order valence-corrected chi connectivity index (χ0v) is 24.2. The number of ether oxygens (including phenoxy) is 1. The maximum atomic E-state index is 14.4. The van der Waals surface area contributed by atoms with Gasteiger partial charge in [0.1, 0.15) is 0 Å². The standard InChI is InChI=1S/C22H28FN2OSi.3CH3.Sn/c1-6-17-11-16(2)21(23)13-20(17)18-7-8-19-14-24-25(22(19)12-18)15-26-9-10-27(3,4)5;;;;/h7-8,11-13H,6,9-10,15H2,1-5H3;3*1H3;. The normalized spacial score (nSPS) is 12.7. The Morgan fingerprint density at radius 3 is 2.42 bits per heavy atom. The first-order chi connectivity index (χ1) is 14.4. The fourth-order valence-electron chi connectivity index (χ4n) is 3.83. The van der Waals surface area contributed by atoms with E-state index in [1.165, 1.54) is 14.7 Å². The third-order valence-corrected chi connectivity index (χ3v) is 12.6. The van der Waals surface area contributed by atoms with Gasteiger partial charge in [-0.2, -0.15) is 0 Å². The summed E-state index contributed by atoms with van der Waals surface area (Å²) in [6, 6.07) is 11.3. The van der Waals surface area contributed by atoms with Gasteiger partial charge in [-0.3, -0.25) is 0 Å². The minimum atomic E-state index is -2.42. The molecule has 0 saturated heterocycles. The zero-order valence-electron chi connectivity index (χ0n) is 20.4. The molecule has 0 bridgehead atoms. The first-order valence-corrected chi connectivity index (χ1v) is 25.0. The molecule has 3 aromatic rings. The van der Waals surface area contributed by atoms with Gasteiger partial charge in [0.15, 0.2) is 0 Å². The number of halogens is 1. The molecule has 0 amide bonds. The van der Waals surface area contributed by atoms with E-state index in [4.69, 9.17) is 9.84 Å². The molecule has 1 aromatic heterocycles. The number of nitrogens with zero attached hydrogens (tertiary/aromatic N) is 2. The molecule has 0 N–H and O–H groups in total. The van der Waals surface area contributed by atoms with E-state index in [0.717, 1.165) is 35.7 Å². The van der Waals surface area contributed by atoms with E-state index in [1.807, 2.05) is 17.7 Å². The number of aryl methyl sites for hydroxylation is 2. The van der Waals surface area contributed by atoms with E-state index in [-0.39, 0.29) is 5.82 Å². The van der Waals surface area contributed by atoms with Crippen molar-refractivity contribution in [2.75, 3.05) is 6.61 Å². The first-order valence-electron chi connectivity index (χ1n) is 11.3. The Balaban J connectivity index is 2.05. The molecule has 0 atom stereocenters. The van der Waals surface area contributed by atoms with Gasteiger partial charge in [0, 0.05) is 0 Å². The maximum absolute atomic E-state index is 14.4. The predicted molar refractivity (Wildman–Crippen MR) is 136 cm³/mol. The van der Waals surface area contributed by atoms with Crippen LogP contribution in [-0.4, -0.2) is 42.8 Å². The second-order valence-electron chi connectivity index (χ2n) is 10.8. The summed E-state index contributed by atoms with van der Waals surface area (Å²) in [5.41, 5.74) is 4.98. The van der Waals surface area contributed by atoms with Crippen molar-refractivity contribution in [2.24, 2.45) is 0 Å². The Labute approximate surface area is 191 Å². The SMILES string of the molecule is CCc1cc(C)c(F)cc1-c1ccc2[c]([Sn]([CH3])([CH3])[CH3])nn(COCC[Si](C)(C)C)c2c1. The van der Waals surface area contributed by atoms with E-state index >= 15 is 0 Å². The van der Waals surface area contributed by atoms with Gasteiger partial charge in [0.2, 0.25) is 0 Å². The van der Waals surface area contributed by atoms with Gasteiger partial charge < -0.3 is 0 Å². The molecule has 0 aliphatic carbocycles. The molecular formula is C25H37FN2OSiSn. The van der Waals surface area contributed by atoms with Crippen LogP contribution in [0.2, 0.25) is 40.5 Å². The Morgan fingerprint density at radius 2 is 1.81 bits per heavy atom. The van der Waals surface area contributed by atoms with Crippen molar-refractivity contribution in [1.29, 1.82) is 0 Å². The van der Waals surface area contributed by atoms with Crippen LogP contribution in [0, 0.1) is 12.7 Å². The minimum absolute atomic E-state index is 0.151. The molecule has 168 valence electrons.